The van der Waals surface area contributed by atoms with Crippen LogP contribution in [0.1, 0.15) is 45.0 Å². The SMILES string of the molecule is O=S(=O)(O)c1ccccc1C1=C(c2ccccc2S(=O)(=O)O)c2cc3[nH]c(cc4nc(cc5[nH]c(cc1n2)c(-c1ccccc1S(=O)(=O)O)c5-c1ccccc1S(=O)(=O)O)C(c1ccccc1S(=O)(=O)O)=C4c1ccccc1S(=O)(=O)O)c(-c1ccccc1S(=O)(=O)O)c3-c1ccccc1S(=O)(=O)O. The average molecular weight is 1560 g/mol. The van der Waals surface area contributed by atoms with Gasteiger partial charge in [-0.05, 0) is 72.8 Å². The van der Waals surface area contributed by atoms with Gasteiger partial charge in [0, 0.05) is 111 Å². The van der Waals surface area contributed by atoms with Gasteiger partial charge in [0.2, 0.25) is 0 Å². The Balaban J connectivity index is 1.44. The van der Waals surface area contributed by atoms with Crippen LogP contribution in [0.15, 0.2) is 258 Å². The largest absolute Gasteiger partial charge is 0.354 e. The third-order valence-corrected chi connectivity index (χ3v) is 24.0. The number of rotatable bonds is 16. The molecule has 8 bridgehead atoms. The van der Waals surface area contributed by atoms with Crippen LogP contribution in [0.4, 0.5) is 0 Å². The average Bonchev–Trinajstić information content (AvgIpc) is 1.56. The lowest BCUT2D eigenvalue weighted by Gasteiger charge is -2.15. The second-order valence-corrected chi connectivity index (χ2v) is 34.1. The van der Waals surface area contributed by atoms with Crippen LogP contribution in [-0.2, 0) is 80.9 Å². The summed E-state index contributed by atoms with van der Waals surface area (Å²) in [6.07, 6.45) is 0. The first kappa shape index (κ1) is 72.0. The molecule has 10 N–H and O–H groups in total. The molecule has 13 rings (SSSR count). The summed E-state index contributed by atoms with van der Waals surface area (Å²) in [7, 11) is -43.8. The summed E-state index contributed by atoms with van der Waals surface area (Å²) >= 11 is 0. The summed E-state index contributed by atoms with van der Waals surface area (Å²) < 4.78 is 312. The molecule has 530 valence electrons. The molecule has 0 unspecified atom stereocenters. The Labute approximate surface area is 591 Å². The normalized spacial score (nSPS) is 13.5. The predicted octanol–water partition coefficient (Wildman–Crippen LogP) is 11.0. The molecule has 0 fully saturated rings. The molecule has 28 nitrogen and oxygen atoms in total. The first-order valence-corrected chi connectivity index (χ1v) is 41.1. The van der Waals surface area contributed by atoms with Gasteiger partial charge >= 0.3 is 0 Å². The van der Waals surface area contributed by atoms with E-state index in [4.69, 9.17) is 9.97 Å². The van der Waals surface area contributed by atoms with E-state index < -0.39 is 254 Å². The monoisotopic (exact) mass is 1560 g/mol. The smallest absolute Gasteiger partial charge is 0.295 e. The Morgan fingerprint density at radius 1 is 0.202 bits per heavy atom. The molecule has 0 spiro atoms. The minimum absolute atomic E-state index is 0.493. The van der Waals surface area contributed by atoms with Crippen molar-refractivity contribution in [1.29, 1.82) is 0 Å². The molecule has 0 aliphatic carbocycles. The second kappa shape index (κ2) is 25.8. The molecule has 5 heterocycles. The molecule has 0 saturated heterocycles. The third kappa shape index (κ3) is 13.3. The lowest BCUT2D eigenvalue weighted by molar-refractivity contribution is 0.480. The molecule has 0 amide bonds. The number of aromatic amines is 2. The number of hydrogen-bond acceptors (Lipinski definition) is 18. The van der Waals surface area contributed by atoms with E-state index in [1.807, 2.05) is 0 Å². The van der Waals surface area contributed by atoms with Gasteiger partial charge in [-0.15, -0.1) is 0 Å². The predicted molar refractivity (Wildman–Crippen MR) is 377 cm³/mol. The van der Waals surface area contributed by atoms with Crippen LogP contribution in [0, 0.1) is 0 Å². The van der Waals surface area contributed by atoms with Crippen LogP contribution in [-0.4, -0.2) is 124 Å². The highest BCUT2D eigenvalue weighted by atomic mass is 32.2. The van der Waals surface area contributed by atoms with Gasteiger partial charge in [0.1, 0.15) is 39.2 Å². The number of hydrogen-bond donors (Lipinski definition) is 10. The molecule has 11 aromatic rings. The van der Waals surface area contributed by atoms with Crippen LogP contribution in [0.25, 0.3) is 88.9 Å². The topological polar surface area (TPSA) is 492 Å². The van der Waals surface area contributed by atoms with E-state index in [1.165, 1.54) is 97.1 Å². The molecule has 0 atom stereocenters. The molecule has 0 saturated carbocycles. The molecule has 2 aliphatic rings. The van der Waals surface area contributed by atoms with E-state index in [0.717, 1.165) is 121 Å². The van der Waals surface area contributed by atoms with E-state index in [2.05, 4.69) is 9.97 Å². The van der Waals surface area contributed by atoms with E-state index in [-0.39, 0.29) is 0 Å². The van der Waals surface area contributed by atoms with Crippen molar-refractivity contribution >= 4 is 125 Å². The van der Waals surface area contributed by atoms with E-state index in [0.29, 0.717) is 0 Å². The van der Waals surface area contributed by atoms with Gasteiger partial charge in [-0.3, -0.25) is 36.4 Å². The molecule has 8 aromatic carbocycles. The van der Waals surface area contributed by atoms with Crippen LogP contribution in [0.5, 0.6) is 0 Å². The van der Waals surface area contributed by atoms with Crippen LogP contribution in [0.2, 0.25) is 0 Å². The number of aromatic nitrogens is 4. The first-order chi connectivity index (χ1) is 48.7. The van der Waals surface area contributed by atoms with Gasteiger partial charge in [0.05, 0.1) is 22.8 Å². The standard InChI is InChI=1S/C68H46N4O24S8/c73-97(74,75)53-25-9-1-17-37(53)61-45-33-47-63(39-19-3-11-27-55(39)99(79,80)81)65(41-21-5-13-29-57(41)101(85,86)87)49(70-47)35-51-67(43-23-7-15-31-59(43)103(91,92)93)68(44-24-8-16-32-60(44)104(94,95)96)52(72-51)36-50-66(42-22-6-14-30-58(42)102(88,89)90)64(40-20-4-12-28-56(40)100(82,83)84)48(71-50)34-46(69-45)62(61)38-18-2-10-26-54(38)98(76,77)78/h1-36,69,72H,(H,73,74,75)(H,76,77,78)(H,79,80,81)(H,82,83,84)(H,85,86,87)(H,88,89,90)(H,91,92,93)(H,94,95,96). The van der Waals surface area contributed by atoms with Crippen molar-refractivity contribution in [1.82, 2.24) is 19.9 Å². The van der Waals surface area contributed by atoms with Crippen molar-refractivity contribution in [3.63, 3.8) is 0 Å². The van der Waals surface area contributed by atoms with Gasteiger partial charge in [-0.1, -0.05) is 146 Å². The molecule has 3 aromatic heterocycles. The first-order valence-electron chi connectivity index (χ1n) is 29.6. The van der Waals surface area contributed by atoms with Crippen LogP contribution in [0.3, 0.4) is 0 Å². The Morgan fingerprint density at radius 2 is 0.337 bits per heavy atom. The molecule has 2 aliphatic heterocycles. The Morgan fingerprint density at radius 3 is 0.490 bits per heavy atom. The van der Waals surface area contributed by atoms with E-state index >= 15 is 0 Å². The van der Waals surface area contributed by atoms with Crippen molar-refractivity contribution in [2.24, 2.45) is 0 Å². The quantitative estimate of drug-likeness (QED) is 0.0402. The summed E-state index contributed by atoms with van der Waals surface area (Å²) in [6, 6.07) is 39.8. The summed E-state index contributed by atoms with van der Waals surface area (Å²) in [4.78, 5) is 8.75. The highest BCUT2D eigenvalue weighted by Crippen LogP contribution is 2.52. The number of H-pyrrole nitrogens is 2. The minimum atomic E-state index is -5.47. The fourth-order valence-electron chi connectivity index (χ4n) is 12.9. The lowest BCUT2D eigenvalue weighted by atomic mass is 9.90. The zero-order chi connectivity index (χ0) is 74.8. The Kier molecular flexibility index (Phi) is 17.9. The van der Waals surface area contributed by atoms with E-state index in [9.17, 15) is 104 Å². The summed E-state index contributed by atoms with van der Waals surface area (Å²) in [5.41, 5.74) is -12.7. The van der Waals surface area contributed by atoms with Gasteiger partial charge < -0.3 is 9.97 Å². The maximum atomic E-state index is 13.9. The van der Waals surface area contributed by atoms with Crippen molar-refractivity contribution in [3.8, 4) is 44.5 Å². The maximum absolute atomic E-state index is 13.9. The summed E-state index contributed by atoms with van der Waals surface area (Å²) in [6.45, 7) is 0. The van der Waals surface area contributed by atoms with Gasteiger partial charge in [-0.2, -0.15) is 67.3 Å². The lowest BCUT2D eigenvalue weighted by Crippen LogP contribution is -2.06. The van der Waals surface area contributed by atoms with Gasteiger partial charge in [-0.25, -0.2) is 9.97 Å². The molecule has 0 radical (unpaired) electrons. The van der Waals surface area contributed by atoms with Crippen molar-refractivity contribution in [2.75, 3.05) is 0 Å². The fourth-order valence-corrected chi connectivity index (χ4v) is 18.5. The second-order valence-electron chi connectivity index (χ2n) is 23.0. The van der Waals surface area contributed by atoms with Crippen molar-refractivity contribution < 1.29 is 104 Å². The Hall–Kier alpha value is -10.4. The van der Waals surface area contributed by atoms with Crippen molar-refractivity contribution in [2.45, 2.75) is 39.2 Å². The van der Waals surface area contributed by atoms with E-state index in [1.54, 1.807) is 0 Å². The molecule has 36 heteroatoms. The highest BCUT2D eigenvalue weighted by molar-refractivity contribution is 7.87. The highest BCUT2D eigenvalue weighted by Gasteiger charge is 2.37. The fraction of sp³-hybridized carbons (Fsp3) is 0. The van der Waals surface area contributed by atoms with Crippen LogP contribution < -0.4 is 0 Å². The molecular weight excluding hydrogens is 1510 g/mol. The number of fused-ring (bicyclic) bond motifs is 8. The number of benzene rings is 8. The van der Waals surface area contributed by atoms with Crippen LogP contribution >= 0.6 is 0 Å². The van der Waals surface area contributed by atoms with Crippen molar-refractivity contribution in [3.05, 3.63) is 263 Å². The third-order valence-electron chi connectivity index (χ3n) is 16.7. The zero-order valence-electron chi connectivity index (χ0n) is 52.1. The minimum Gasteiger partial charge on any atom is -0.354 e. The summed E-state index contributed by atoms with van der Waals surface area (Å²) in [5, 5.41) is 0. The van der Waals surface area contributed by atoms with Gasteiger partial charge in [0.25, 0.3) is 80.9 Å². The summed E-state index contributed by atoms with van der Waals surface area (Å²) in [5.74, 6) is 0. The molecule has 104 heavy (non-hydrogen) atoms. The zero-order valence-corrected chi connectivity index (χ0v) is 58.6. The Bertz CT molecular complexity index is 6040. The maximum Gasteiger partial charge on any atom is 0.295 e. The number of nitrogens with zero attached hydrogens (tertiary/aromatic N) is 2. The molecular formula is C68H46N4O24S8. The van der Waals surface area contributed by atoms with Gasteiger partial charge in [0.15, 0.2) is 0 Å². The number of nitrogens with one attached hydrogen (secondary N) is 2.